The van der Waals surface area contributed by atoms with Gasteiger partial charge >= 0.3 is 0 Å². The summed E-state index contributed by atoms with van der Waals surface area (Å²) in [6, 6.07) is 28.6. The van der Waals surface area contributed by atoms with E-state index >= 15 is 0 Å². The minimum absolute atomic E-state index is 0.00282. The topological polar surface area (TPSA) is 115 Å². The van der Waals surface area contributed by atoms with Crippen molar-refractivity contribution in [3.05, 3.63) is 119 Å². The van der Waals surface area contributed by atoms with Crippen molar-refractivity contribution >= 4 is 11.8 Å². The molecule has 0 saturated carbocycles. The Morgan fingerprint density at radius 3 is 1.36 bits per heavy atom. The Labute approximate surface area is 244 Å². The van der Waals surface area contributed by atoms with Crippen molar-refractivity contribution in [2.24, 2.45) is 0 Å². The first-order valence-electron chi connectivity index (χ1n) is 13.7. The third kappa shape index (κ3) is 7.38. The largest absolute Gasteiger partial charge is 0.490 e. The number of rotatable bonds is 0. The Morgan fingerprint density at radius 1 is 0.524 bits per heavy atom. The summed E-state index contributed by atoms with van der Waals surface area (Å²) in [5.74, 6) is 1.28. The van der Waals surface area contributed by atoms with Gasteiger partial charge in [-0.3, -0.25) is 9.59 Å². The Kier molecular flexibility index (Phi) is 9.54. The third-order valence-corrected chi connectivity index (χ3v) is 6.53. The molecule has 4 aromatic carbocycles. The maximum Gasteiger partial charge on any atom is 0.255 e. The molecule has 42 heavy (non-hydrogen) atoms. The van der Waals surface area contributed by atoms with E-state index in [1.807, 2.05) is 36.4 Å². The molecule has 1 aliphatic heterocycles. The minimum atomic E-state index is -0.914. The molecule has 0 fully saturated rings. The van der Waals surface area contributed by atoms with Gasteiger partial charge < -0.3 is 34.7 Å². The first-order chi connectivity index (χ1) is 20.6. The van der Waals surface area contributed by atoms with Crippen LogP contribution in [0, 0.1) is 0 Å². The fourth-order valence-electron chi connectivity index (χ4n) is 4.36. The van der Waals surface area contributed by atoms with Gasteiger partial charge in [-0.2, -0.15) is 0 Å². The summed E-state index contributed by atoms with van der Waals surface area (Å²) >= 11 is 0. The summed E-state index contributed by atoms with van der Waals surface area (Å²) in [5, 5.41) is 16.3. The van der Waals surface area contributed by atoms with Crippen molar-refractivity contribution in [3.8, 4) is 23.0 Å². The van der Waals surface area contributed by atoms with E-state index in [0.29, 0.717) is 34.1 Å². The van der Waals surface area contributed by atoms with E-state index in [1.54, 1.807) is 60.7 Å². The van der Waals surface area contributed by atoms with Crippen LogP contribution in [0.15, 0.2) is 97.1 Å². The summed E-state index contributed by atoms with van der Waals surface area (Å²) in [6.07, 6.45) is -0.914. The molecule has 0 atom stereocenters. The summed E-state index contributed by atoms with van der Waals surface area (Å²) in [7, 11) is 0. The van der Waals surface area contributed by atoms with Crippen LogP contribution in [-0.4, -0.2) is 49.3 Å². The minimum Gasteiger partial charge on any atom is -0.490 e. The Morgan fingerprint density at radius 2 is 0.905 bits per heavy atom. The maximum absolute atomic E-state index is 13.0. The normalized spacial score (nSPS) is 15.4. The number of aliphatic hydroxyl groups is 1. The molecule has 216 valence electrons. The molecule has 3 N–H and O–H groups in total. The van der Waals surface area contributed by atoms with Crippen LogP contribution in [0.2, 0.25) is 0 Å². The number of carbonyl (C=O) groups excluding carboxylic acids is 2. The molecule has 0 bridgehead atoms. The predicted molar refractivity (Wildman–Crippen MR) is 156 cm³/mol. The van der Waals surface area contributed by atoms with Gasteiger partial charge in [0.1, 0.15) is 55.5 Å². The molecular formula is C33H32N2O7. The van der Waals surface area contributed by atoms with Crippen LogP contribution in [0.25, 0.3) is 0 Å². The van der Waals surface area contributed by atoms with Crippen LogP contribution in [-0.2, 0) is 13.2 Å². The van der Waals surface area contributed by atoms with Gasteiger partial charge in [0, 0.05) is 24.2 Å². The Hall–Kier alpha value is -5.02. The highest BCUT2D eigenvalue weighted by Crippen LogP contribution is 2.25. The standard InChI is InChI=1S/C33H32N2O7/c36-25-21-41-28-13-5-1-9-23(28)19-39-30-15-7-3-11-26(30)32(37)34-17-18-35-33(38)27-12-4-8-16-31(27)40-20-24-10-2-6-14-29(24)42-22-25/h1-16,25,36H,17-22H2,(H,34,37)(H,35,38). The highest BCUT2D eigenvalue weighted by Gasteiger charge is 2.16. The van der Waals surface area contributed by atoms with Crippen molar-refractivity contribution in [1.82, 2.24) is 10.6 Å². The number of hydrogen-bond donors (Lipinski definition) is 3. The zero-order valence-electron chi connectivity index (χ0n) is 23.0. The molecule has 1 heterocycles. The number of amides is 2. The molecule has 4 aromatic rings. The summed E-state index contributed by atoms with van der Waals surface area (Å²) < 4.78 is 23.9. The van der Waals surface area contributed by atoms with E-state index < -0.39 is 6.10 Å². The molecule has 0 aliphatic carbocycles. The van der Waals surface area contributed by atoms with Crippen molar-refractivity contribution in [3.63, 3.8) is 0 Å². The molecule has 5 rings (SSSR count). The van der Waals surface area contributed by atoms with Gasteiger partial charge in [0.25, 0.3) is 11.8 Å². The van der Waals surface area contributed by atoms with Crippen molar-refractivity contribution < 1.29 is 33.6 Å². The highest BCUT2D eigenvalue weighted by molar-refractivity contribution is 5.98. The van der Waals surface area contributed by atoms with Gasteiger partial charge in [-0.05, 0) is 36.4 Å². The molecule has 0 unspecified atom stereocenters. The molecule has 0 spiro atoms. The van der Waals surface area contributed by atoms with E-state index in [2.05, 4.69) is 10.6 Å². The van der Waals surface area contributed by atoms with Crippen LogP contribution < -0.4 is 29.6 Å². The molecule has 9 nitrogen and oxygen atoms in total. The Bertz CT molecular complexity index is 1410. The quantitative estimate of drug-likeness (QED) is 0.292. The second-order valence-electron chi connectivity index (χ2n) is 9.57. The van der Waals surface area contributed by atoms with E-state index in [0.717, 1.165) is 11.1 Å². The maximum atomic E-state index is 13.0. The Balaban J connectivity index is 1.37. The molecule has 0 radical (unpaired) electrons. The lowest BCUT2D eigenvalue weighted by molar-refractivity contribution is 0.0612. The number of para-hydroxylation sites is 4. The number of fused-ring (bicyclic) bond motifs is 4. The number of hydrogen-bond acceptors (Lipinski definition) is 7. The van der Waals surface area contributed by atoms with E-state index in [4.69, 9.17) is 18.9 Å². The first kappa shape index (κ1) is 28.5. The van der Waals surface area contributed by atoms with Crippen LogP contribution in [0.3, 0.4) is 0 Å². The average Bonchev–Trinajstić information content (AvgIpc) is 3.03. The number of aliphatic hydroxyl groups excluding tert-OH is 1. The SMILES string of the molecule is O=C1NCCNC(=O)c2ccccc2OCc2ccccc2OCC(O)COc2ccccc2COc2ccccc21. The molecule has 9 heteroatoms. The van der Waals surface area contributed by atoms with E-state index in [9.17, 15) is 14.7 Å². The fourth-order valence-corrected chi connectivity index (χ4v) is 4.36. The molecule has 0 aromatic heterocycles. The number of ether oxygens (including phenoxy) is 4. The van der Waals surface area contributed by atoms with Crippen LogP contribution in [0.4, 0.5) is 0 Å². The van der Waals surface area contributed by atoms with Gasteiger partial charge in [-0.25, -0.2) is 0 Å². The summed E-state index contributed by atoms with van der Waals surface area (Å²) in [5.41, 5.74) is 2.24. The summed E-state index contributed by atoms with van der Waals surface area (Å²) in [6.45, 7) is 0.720. The van der Waals surface area contributed by atoms with Gasteiger partial charge in [0.2, 0.25) is 0 Å². The van der Waals surface area contributed by atoms with Crippen LogP contribution in [0.5, 0.6) is 23.0 Å². The lowest BCUT2D eigenvalue weighted by atomic mass is 10.1. The van der Waals surface area contributed by atoms with Gasteiger partial charge in [0.15, 0.2) is 0 Å². The lowest BCUT2D eigenvalue weighted by Crippen LogP contribution is -2.35. The molecule has 0 saturated heterocycles. The number of carbonyl (C=O) groups is 2. The van der Waals surface area contributed by atoms with Gasteiger partial charge in [-0.15, -0.1) is 0 Å². The number of benzene rings is 4. The van der Waals surface area contributed by atoms with E-state index in [-0.39, 0.29) is 51.3 Å². The molecule has 1 aliphatic rings. The van der Waals surface area contributed by atoms with Crippen molar-refractivity contribution in [2.45, 2.75) is 19.3 Å². The number of nitrogens with one attached hydrogen (secondary N) is 2. The third-order valence-electron chi connectivity index (χ3n) is 6.53. The zero-order chi connectivity index (χ0) is 29.1. The zero-order valence-corrected chi connectivity index (χ0v) is 23.0. The first-order valence-corrected chi connectivity index (χ1v) is 13.7. The highest BCUT2D eigenvalue weighted by atomic mass is 16.5. The smallest absolute Gasteiger partial charge is 0.255 e. The van der Waals surface area contributed by atoms with Gasteiger partial charge in [-0.1, -0.05) is 60.7 Å². The fraction of sp³-hybridized carbons (Fsp3) is 0.212. The second kappa shape index (κ2) is 14.0. The molecule has 2 amide bonds. The second-order valence-corrected chi connectivity index (χ2v) is 9.57. The van der Waals surface area contributed by atoms with Crippen LogP contribution >= 0.6 is 0 Å². The average molecular weight is 569 g/mol. The van der Waals surface area contributed by atoms with Gasteiger partial charge in [0.05, 0.1) is 11.1 Å². The predicted octanol–water partition coefficient (Wildman–Crippen LogP) is 4.14. The van der Waals surface area contributed by atoms with E-state index in [1.165, 1.54) is 0 Å². The lowest BCUT2D eigenvalue weighted by Gasteiger charge is -2.18. The van der Waals surface area contributed by atoms with Crippen molar-refractivity contribution in [2.75, 3.05) is 26.3 Å². The van der Waals surface area contributed by atoms with Crippen LogP contribution in [0.1, 0.15) is 31.8 Å². The monoisotopic (exact) mass is 568 g/mol. The molecular weight excluding hydrogens is 536 g/mol. The summed E-state index contributed by atoms with van der Waals surface area (Å²) in [4.78, 5) is 25.9. The van der Waals surface area contributed by atoms with Crippen molar-refractivity contribution in [1.29, 1.82) is 0 Å².